The third-order valence-corrected chi connectivity index (χ3v) is 7.30. The first-order valence-electron chi connectivity index (χ1n) is 13.0. The normalized spacial score (nSPS) is 19.3. The number of halogens is 6. The van der Waals surface area contributed by atoms with Crippen LogP contribution in [0.4, 0.5) is 36.8 Å². The van der Waals surface area contributed by atoms with E-state index in [0.717, 1.165) is 50.0 Å². The fraction of sp³-hybridized carbons (Fsp3) is 0.519. The average Bonchev–Trinajstić information content (AvgIpc) is 2.87. The Bertz CT molecular complexity index is 1120. The van der Waals surface area contributed by atoms with Gasteiger partial charge in [0, 0.05) is 56.6 Å². The topological polar surface area (TPSA) is 48.0 Å². The van der Waals surface area contributed by atoms with Crippen LogP contribution < -0.4 is 15.0 Å². The van der Waals surface area contributed by atoms with Crippen LogP contribution in [0.5, 0.6) is 5.75 Å². The Balaban J connectivity index is 1.16. The molecule has 39 heavy (non-hydrogen) atoms. The molecule has 4 rings (SSSR count). The van der Waals surface area contributed by atoms with Crippen LogP contribution in [0, 0.1) is 23.4 Å². The van der Waals surface area contributed by atoms with E-state index in [1.807, 2.05) is 6.92 Å². The van der Waals surface area contributed by atoms with Gasteiger partial charge in [-0.3, -0.25) is 4.90 Å². The van der Waals surface area contributed by atoms with Gasteiger partial charge in [0.1, 0.15) is 5.75 Å². The van der Waals surface area contributed by atoms with Gasteiger partial charge in [-0.25, -0.2) is 18.0 Å². The zero-order chi connectivity index (χ0) is 28.2. The number of nitrogens with zero attached hydrogens (tertiary/aromatic N) is 3. The van der Waals surface area contributed by atoms with Crippen molar-refractivity contribution in [2.24, 2.45) is 5.92 Å². The molecule has 2 fully saturated rings. The first-order chi connectivity index (χ1) is 18.5. The zero-order valence-electron chi connectivity index (χ0n) is 21.6. The largest absolute Gasteiger partial charge is 0.573 e. The van der Waals surface area contributed by atoms with Crippen molar-refractivity contribution in [3.63, 3.8) is 0 Å². The van der Waals surface area contributed by atoms with Crippen LogP contribution in [0.1, 0.15) is 31.7 Å². The summed E-state index contributed by atoms with van der Waals surface area (Å²) in [5.41, 5.74) is 0.998. The Morgan fingerprint density at radius 2 is 1.72 bits per heavy atom. The minimum atomic E-state index is -4.72. The van der Waals surface area contributed by atoms with Gasteiger partial charge in [0.15, 0.2) is 17.5 Å². The predicted molar refractivity (Wildman–Crippen MR) is 134 cm³/mol. The van der Waals surface area contributed by atoms with E-state index in [0.29, 0.717) is 38.6 Å². The highest BCUT2D eigenvalue weighted by Crippen LogP contribution is 2.26. The number of rotatable bonds is 7. The number of ether oxygens (including phenoxy) is 1. The molecule has 2 aromatic carbocycles. The summed E-state index contributed by atoms with van der Waals surface area (Å²) in [4.78, 5) is 18.4. The molecular formula is C27H32F6N4O2. The Kier molecular flexibility index (Phi) is 9.14. The Morgan fingerprint density at radius 3 is 2.36 bits per heavy atom. The fourth-order valence-electron chi connectivity index (χ4n) is 5.24. The Morgan fingerprint density at radius 1 is 1.03 bits per heavy atom. The van der Waals surface area contributed by atoms with Crippen molar-refractivity contribution in [1.82, 2.24) is 15.1 Å². The van der Waals surface area contributed by atoms with Crippen molar-refractivity contribution < 1.29 is 35.9 Å². The number of piperazine rings is 1. The minimum Gasteiger partial charge on any atom is -0.406 e. The third-order valence-electron chi connectivity index (χ3n) is 7.30. The predicted octanol–water partition coefficient (Wildman–Crippen LogP) is 5.52. The van der Waals surface area contributed by atoms with E-state index in [-0.39, 0.29) is 23.5 Å². The van der Waals surface area contributed by atoms with Crippen molar-refractivity contribution in [2.45, 2.75) is 45.1 Å². The third kappa shape index (κ3) is 7.93. The molecule has 0 bridgehead atoms. The van der Waals surface area contributed by atoms with Crippen molar-refractivity contribution in [3.05, 3.63) is 59.4 Å². The van der Waals surface area contributed by atoms with Gasteiger partial charge in [0.25, 0.3) is 0 Å². The number of hydrogen-bond donors (Lipinski definition) is 1. The smallest absolute Gasteiger partial charge is 0.406 e. The average molecular weight is 559 g/mol. The quantitative estimate of drug-likeness (QED) is 0.359. The number of urea groups is 1. The van der Waals surface area contributed by atoms with Crippen molar-refractivity contribution in [1.29, 1.82) is 0 Å². The SMILES string of the molecule is C[C@@H]1CN(c2cc(F)c(F)c(F)c2)CCN1C(=O)NCCC1CCN(Cc2cccc(OC(F)(F)F)c2)CC1. The first kappa shape index (κ1) is 28.8. The second kappa shape index (κ2) is 12.4. The van der Waals surface area contributed by atoms with Crippen LogP contribution >= 0.6 is 0 Å². The lowest BCUT2D eigenvalue weighted by Gasteiger charge is -2.41. The molecule has 0 saturated carbocycles. The zero-order valence-corrected chi connectivity index (χ0v) is 21.6. The minimum absolute atomic E-state index is 0.197. The molecule has 0 spiro atoms. The Hall–Kier alpha value is -3.15. The molecule has 12 heteroatoms. The summed E-state index contributed by atoms with van der Waals surface area (Å²) in [5, 5.41) is 2.97. The van der Waals surface area contributed by atoms with E-state index in [2.05, 4.69) is 15.0 Å². The van der Waals surface area contributed by atoms with E-state index < -0.39 is 23.8 Å². The molecule has 2 aliphatic heterocycles. The van der Waals surface area contributed by atoms with E-state index in [1.54, 1.807) is 21.9 Å². The molecule has 1 atom stereocenters. The molecule has 0 aromatic heterocycles. The van der Waals surface area contributed by atoms with Gasteiger partial charge >= 0.3 is 12.4 Å². The summed E-state index contributed by atoms with van der Waals surface area (Å²) >= 11 is 0. The molecule has 6 nitrogen and oxygen atoms in total. The Labute approximate surface area is 223 Å². The number of likely N-dealkylation sites (tertiary alicyclic amines) is 1. The molecule has 214 valence electrons. The first-order valence-corrected chi connectivity index (χ1v) is 13.0. The van der Waals surface area contributed by atoms with Gasteiger partial charge in [0.05, 0.1) is 0 Å². The fourth-order valence-corrected chi connectivity index (χ4v) is 5.24. The molecule has 2 saturated heterocycles. The second-order valence-electron chi connectivity index (χ2n) is 10.1. The molecule has 2 heterocycles. The highest BCUT2D eigenvalue weighted by molar-refractivity contribution is 5.75. The van der Waals surface area contributed by atoms with E-state index in [9.17, 15) is 31.1 Å². The van der Waals surface area contributed by atoms with Crippen LogP contribution in [0.25, 0.3) is 0 Å². The molecule has 0 unspecified atom stereocenters. The number of amides is 2. The summed E-state index contributed by atoms with van der Waals surface area (Å²) in [6, 6.07) is 7.54. The molecule has 0 radical (unpaired) electrons. The van der Waals surface area contributed by atoms with Crippen LogP contribution in [-0.4, -0.2) is 67.5 Å². The monoisotopic (exact) mass is 558 g/mol. The summed E-state index contributed by atoms with van der Waals surface area (Å²) in [6.45, 7) is 5.62. The highest BCUT2D eigenvalue weighted by Gasteiger charge is 2.31. The van der Waals surface area contributed by atoms with Gasteiger partial charge < -0.3 is 19.9 Å². The molecule has 0 aliphatic carbocycles. The number of anilines is 1. The summed E-state index contributed by atoms with van der Waals surface area (Å²) in [7, 11) is 0. The van der Waals surface area contributed by atoms with Crippen LogP contribution in [0.15, 0.2) is 36.4 Å². The molecule has 2 aromatic rings. The number of benzene rings is 2. The molecule has 2 aliphatic rings. The van der Waals surface area contributed by atoms with Crippen LogP contribution in [0.2, 0.25) is 0 Å². The summed E-state index contributed by atoms with van der Waals surface area (Å²) in [6.07, 6.45) is -2.05. The van der Waals surface area contributed by atoms with Crippen LogP contribution in [-0.2, 0) is 6.54 Å². The van der Waals surface area contributed by atoms with Crippen molar-refractivity contribution >= 4 is 11.7 Å². The number of carbonyl (C=O) groups excluding carboxylic acids is 1. The maximum Gasteiger partial charge on any atom is 0.573 e. The van der Waals surface area contributed by atoms with E-state index in [1.165, 1.54) is 12.1 Å². The lowest BCUT2D eigenvalue weighted by Crippen LogP contribution is -2.56. The van der Waals surface area contributed by atoms with Crippen molar-refractivity contribution in [3.8, 4) is 5.75 Å². The van der Waals surface area contributed by atoms with Gasteiger partial charge in [-0.05, 0) is 62.9 Å². The second-order valence-corrected chi connectivity index (χ2v) is 10.1. The van der Waals surface area contributed by atoms with Gasteiger partial charge in [-0.1, -0.05) is 12.1 Å². The lowest BCUT2D eigenvalue weighted by atomic mass is 9.93. The summed E-state index contributed by atoms with van der Waals surface area (Å²) < 4.78 is 81.9. The number of carbonyl (C=O) groups is 1. The van der Waals surface area contributed by atoms with E-state index in [4.69, 9.17) is 0 Å². The number of nitrogens with one attached hydrogen (secondary N) is 1. The highest BCUT2D eigenvalue weighted by atomic mass is 19.4. The number of alkyl halides is 3. The number of hydrogen-bond acceptors (Lipinski definition) is 4. The van der Waals surface area contributed by atoms with Crippen LogP contribution in [0.3, 0.4) is 0 Å². The summed E-state index contributed by atoms with van der Waals surface area (Å²) in [5.74, 6) is -3.78. The molecule has 1 N–H and O–H groups in total. The standard InChI is InChI=1S/C27H32F6N4O2/c1-18-16-36(21-14-23(28)25(30)24(29)15-21)11-12-37(18)26(38)34-8-5-19-6-9-35(10-7-19)17-20-3-2-4-22(13-20)39-27(31,32)33/h2-4,13-15,18-19H,5-12,16-17H2,1H3,(H,34,38)/t18-/m1/s1. The van der Waals surface area contributed by atoms with Gasteiger partial charge in [0.2, 0.25) is 0 Å². The van der Waals surface area contributed by atoms with E-state index >= 15 is 0 Å². The van der Waals surface area contributed by atoms with Gasteiger partial charge in [-0.15, -0.1) is 13.2 Å². The molecular weight excluding hydrogens is 526 g/mol. The molecule has 2 amide bonds. The maximum absolute atomic E-state index is 13.6. The number of piperidine rings is 1. The van der Waals surface area contributed by atoms with Gasteiger partial charge in [-0.2, -0.15) is 0 Å². The maximum atomic E-state index is 13.6. The van der Waals surface area contributed by atoms with Crippen molar-refractivity contribution in [2.75, 3.05) is 44.2 Å². The lowest BCUT2D eigenvalue weighted by molar-refractivity contribution is -0.274.